The minimum atomic E-state index is -2.84. The third-order valence-electron chi connectivity index (χ3n) is 4.34. The third kappa shape index (κ3) is 3.95. The topological polar surface area (TPSA) is 64.8 Å². The Bertz CT molecular complexity index is 799. The zero-order chi connectivity index (χ0) is 16.4. The molecule has 23 heavy (non-hydrogen) atoms. The molecule has 2 heterocycles. The van der Waals surface area contributed by atoms with Gasteiger partial charge in [-0.3, -0.25) is 0 Å². The van der Waals surface area contributed by atoms with Crippen LogP contribution in [-0.4, -0.2) is 34.7 Å². The summed E-state index contributed by atoms with van der Waals surface area (Å²) in [5, 5.41) is 9.40. The molecular weight excluding hydrogens is 330 g/mol. The van der Waals surface area contributed by atoms with Crippen LogP contribution in [0.2, 0.25) is 0 Å². The molecule has 5 nitrogen and oxygen atoms in total. The first kappa shape index (κ1) is 16.5. The van der Waals surface area contributed by atoms with E-state index in [4.69, 9.17) is 0 Å². The average Bonchev–Trinajstić information content (AvgIpc) is 3.02. The summed E-state index contributed by atoms with van der Waals surface area (Å²) < 4.78 is 25.1. The number of thioether (sulfide) groups is 1. The summed E-state index contributed by atoms with van der Waals surface area (Å²) in [6, 6.07) is 8.33. The van der Waals surface area contributed by atoms with E-state index in [0.717, 1.165) is 23.2 Å². The van der Waals surface area contributed by atoms with E-state index < -0.39 is 9.84 Å². The zero-order valence-electron chi connectivity index (χ0n) is 13.4. The largest absolute Gasteiger partial charge is 0.309 e. The average molecular weight is 351 g/mol. The van der Waals surface area contributed by atoms with Crippen LogP contribution in [0.1, 0.15) is 23.4 Å². The fourth-order valence-corrected chi connectivity index (χ4v) is 5.72. The Kier molecular flexibility index (Phi) is 4.77. The number of aryl methyl sites for hydroxylation is 1. The molecule has 0 spiro atoms. The van der Waals surface area contributed by atoms with Crippen LogP contribution >= 0.6 is 11.8 Å². The molecule has 0 N–H and O–H groups in total. The summed E-state index contributed by atoms with van der Waals surface area (Å²) in [4.78, 5) is 0. The second kappa shape index (κ2) is 6.65. The highest BCUT2D eigenvalue weighted by Crippen LogP contribution is 2.25. The van der Waals surface area contributed by atoms with Crippen molar-refractivity contribution < 1.29 is 8.42 Å². The molecule has 1 aromatic carbocycles. The van der Waals surface area contributed by atoms with Crippen molar-refractivity contribution in [2.24, 2.45) is 13.0 Å². The maximum absolute atomic E-state index is 11.6. The van der Waals surface area contributed by atoms with Crippen molar-refractivity contribution in [1.29, 1.82) is 0 Å². The van der Waals surface area contributed by atoms with Crippen LogP contribution in [0.3, 0.4) is 0 Å². The summed E-state index contributed by atoms with van der Waals surface area (Å²) in [5.74, 6) is 2.50. The highest BCUT2D eigenvalue weighted by Gasteiger charge is 2.29. The Morgan fingerprint density at radius 1 is 1.30 bits per heavy atom. The first-order chi connectivity index (χ1) is 10.9. The van der Waals surface area contributed by atoms with E-state index in [1.54, 1.807) is 11.8 Å². The normalized spacial score (nSPS) is 20.0. The van der Waals surface area contributed by atoms with Crippen LogP contribution in [0.5, 0.6) is 0 Å². The Morgan fingerprint density at radius 3 is 2.78 bits per heavy atom. The quantitative estimate of drug-likeness (QED) is 0.774. The zero-order valence-corrected chi connectivity index (χ0v) is 15.0. The van der Waals surface area contributed by atoms with E-state index in [0.29, 0.717) is 12.2 Å². The van der Waals surface area contributed by atoms with E-state index in [-0.39, 0.29) is 11.7 Å². The number of hydrogen-bond acceptors (Lipinski definition) is 5. The standard InChI is InChI=1S/C16H21N3O2S2/c1-12-5-3-4-6-14(12)10-22-16-18-17-15(19(16)2)9-13-7-8-23(20,21)11-13/h3-6,13H,7-11H2,1-2H3. The minimum absolute atomic E-state index is 0.178. The number of nitrogens with zero attached hydrogens (tertiary/aromatic N) is 3. The minimum Gasteiger partial charge on any atom is -0.309 e. The molecule has 1 aliphatic heterocycles. The van der Waals surface area contributed by atoms with Crippen molar-refractivity contribution in [2.75, 3.05) is 11.5 Å². The Morgan fingerprint density at radius 2 is 2.09 bits per heavy atom. The molecule has 0 bridgehead atoms. The predicted molar refractivity (Wildman–Crippen MR) is 92.2 cm³/mol. The number of aromatic nitrogens is 3. The molecular formula is C16H21N3O2S2. The Balaban J connectivity index is 1.64. The van der Waals surface area contributed by atoms with Gasteiger partial charge in [0, 0.05) is 19.2 Å². The van der Waals surface area contributed by atoms with Gasteiger partial charge in [-0.15, -0.1) is 10.2 Å². The highest BCUT2D eigenvalue weighted by atomic mass is 32.2. The summed E-state index contributed by atoms with van der Waals surface area (Å²) in [6.45, 7) is 2.11. The molecule has 3 rings (SSSR count). The van der Waals surface area contributed by atoms with Crippen molar-refractivity contribution in [3.8, 4) is 0 Å². The Hall–Kier alpha value is -1.34. The first-order valence-electron chi connectivity index (χ1n) is 7.70. The van der Waals surface area contributed by atoms with Crippen molar-refractivity contribution in [3.05, 3.63) is 41.2 Å². The molecule has 0 radical (unpaired) electrons. The van der Waals surface area contributed by atoms with Crippen molar-refractivity contribution in [2.45, 2.75) is 30.7 Å². The SMILES string of the molecule is Cc1ccccc1CSc1nnc(CC2CCS(=O)(=O)C2)n1C. The number of benzene rings is 1. The van der Waals surface area contributed by atoms with Crippen molar-refractivity contribution in [1.82, 2.24) is 14.8 Å². The van der Waals surface area contributed by atoms with Crippen LogP contribution in [0, 0.1) is 12.8 Å². The number of rotatable bonds is 5. The predicted octanol–water partition coefficient (Wildman–Crippen LogP) is 2.39. The summed E-state index contributed by atoms with van der Waals surface area (Å²) >= 11 is 1.66. The molecule has 1 saturated heterocycles. The third-order valence-corrected chi connectivity index (χ3v) is 7.25. The molecule has 124 valence electrons. The molecule has 1 fully saturated rings. The van der Waals surface area contributed by atoms with Crippen LogP contribution in [0.4, 0.5) is 0 Å². The molecule has 1 atom stereocenters. The summed E-state index contributed by atoms with van der Waals surface area (Å²) in [6.07, 6.45) is 1.43. The van der Waals surface area contributed by atoms with Gasteiger partial charge in [0.1, 0.15) is 5.82 Å². The fourth-order valence-electron chi connectivity index (χ4n) is 2.85. The molecule has 2 aromatic rings. The lowest BCUT2D eigenvalue weighted by Gasteiger charge is -2.08. The second-order valence-electron chi connectivity index (χ2n) is 6.15. The van der Waals surface area contributed by atoms with Gasteiger partial charge >= 0.3 is 0 Å². The van der Waals surface area contributed by atoms with Crippen LogP contribution in [-0.2, 0) is 29.1 Å². The molecule has 0 amide bonds. The maximum atomic E-state index is 11.6. The first-order valence-corrected chi connectivity index (χ1v) is 10.5. The number of sulfone groups is 1. The maximum Gasteiger partial charge on any atom is 0.191 e. The lowest BCUT2D eigenvalue weighted by Crippen LogP contribution is -2.11. The lowest BCUT2D eigenvalue weighted by atomic mass is 10.1. The van der Waals surface area contributed by atoms with Crippen molar-refractivity contribution >= 4 is 21.6 Å². The molecule has 1 unspecified atom stereocenters. The van der Waals surface area contributed by atoms with E-state index in [1.807, 2.05) is 23.7 Å². The van der Waals surface area contributed by atoms with E-state index in [9.17, 15) is 8.42 Å². The monoisotopic (exact) mass is 351 g/mol. The van der Waals surface area contributed by atoms with Crippen molar-refractivity contribution in [3.63, 3.8) is 0 Å². The molecule has 0 aliphatic carbocycles. The molecule has 1 aliphatic rings. The summed E-state index contributed by atoms with van der Waals surface area (Å²) in [7, 11) is -0.878. The summed E-state index contributed by atoms with van der Waals surface area (Å²) in [5.41, 5.74) is 2.57. The van der Waals surface area contributed by atoms with Crippen LogP contribution in [0.15, 0.2) is 29.4 Å². The van der Waals surface area contributed by atoms with Crippen LogP contribution < -0.4 is 0 Å². The van der Waals surface area contributed by atoms with Gasteiger partial charge in [0.2, 0.25) is 0 Å². The molecule has 0 saturated carbocycles. The molecule has 1 aromatic heterocycles. The van der Waals surface area contributed by atoms with E-state index in [2.05, 4.69) is 29.3 Å². The molecule has 7 heteroatoms. The van der Waals surface area contributed by atoms with E-state index >= 15 is 0 Å². The Labute approximate surface area is 141 Å². The van der Waals surface area contributed by atoms with Gasteiger partial charge in [-0.25, -0.2) is 8.42 Å². The van der Waals surface area contributed by atoms with Gasteiger partial charge in [-0.05, 0) is 30.4 Å². The van der Waals surface area contributed by atoms with Crippen LogP contribution in [0.25, 0.3) is 0 Å². The van der Waals surface area contributed by atoms with Gasteiger partial charge < -0.3 is 4.57 Å². The smallest absolute Gasteiger partial charge is 0.191 e. The highest BCUT2D eigenvalue weighted by molar-refractivity contribution is 7.98. The lowest BCUT2D eigenvalue weighted by molar-refractivity contribution is 0.552. The van der Waals surface area contributed by atoms with Gasteiger partial charge in [0.05, 0.1) is 11.5 Å². The van der Waals surface area contributed by atoms with Gasteiger partial charge in [-0.2, -0.15) is 0 Å². The van der Waals surface area contributed by atoms with Gasteiger partial charge in [-0.1, -0.05) is 36.0 Å². The van der Waals surface area contributed by atoms with Gasteiger partial charge in [0.25, 0.3) is 0 Å². The fraction of sp³-hybridized carbons (Fsp3) is 0.500. The second-order valence-corrected chi connectivity index (χ2v) is 9.32. The van der Waals surface area contributed by atoms with Gasteiger partial charge in [0.15, 0.2) is 15.0 Å². The van der Waals surface area contributed by atoms with E-state index in [1.165, 1.54) is 11.1 Å². The number of hydrogen-bond donors (Lipinski definition) is 0.